The summed E-state index contributed by atoms with van der Waals surface area (Å²) in [5.74, 6) is -4.53. The molecule has 0 saturated heterocycles. The highest BCUT2D eigenvalue weighted by Crippen LogP contribution is 2.27. The first-order valence-electron chi connectivity index (χ1n) is 7.10. The van der Waals surface area contributed by atoms with Gasteiger partial charge in [-0.1, -0.05) is 17.7 Å². The molecule has 0 aliphatic carbocycles. The number of anilines is 1. The predicted octanol–water partition coefficient (Wildman–Crippen LogP) is 3.71. The molecule has 1 amide bonds. The zero-order valence-corrected chi connectivity index (χ0v) is 13.9. The van der Waals surface area contributed by atoms with Crippen molar-refractivity contribution in [3.63, 3.8) is 0 Å². The summed E-state index contributed by atoms with van der Waals surface area (Å²) in [4.78, 5) is 34.0. The summed E-state index contributed by atoms with van der Waals surface area (Å²) in [6.07, 6.45) is -1.45. The minimum absolute atomic E-state index is 0.0163. The number of amides is 1. The van der Waals surface area contributed by atoms with Gasteiger partial charge in [-0.05, 0) is 25.1 Å². The average Bonchev–Trinajstić information content (AvgIpc) is 2.56. The first kappa shape index (κ1) is 19.3. The van der Waals surface area contributed by atoms with Gasteiger partial charge in [-0.15, -0.1) is 0 Å². The van der Waals surface area contributed by atoms with E-state index in [1.807, 2.05) is 0 Å². The molecule has 7 nitrogen and oxygen atoms in total. The number of hydrogen-bond acceptors (Lipinski definition) is 5. The number of nitrogens with zero attached hydrogens (tertiary/aromatic N) is 1. The van der Waals surface area contributed by atoms with Gasteiger partial charge >= 0.3 is 5.97 Å². The van der Waals surface area contributed by atoms with Crippen molar-refractivity contribution in [1.82, 2.24) is 0 Å². The van der Waals surface area contributed by atoms with Gasteiger partial charge in [-0.2, -0.15) is 0 Å². The maximum atomic E-state index is 13.5. The highest BCUT2D eigenvalue weighted by molar-refractivity contribution is 6.33. The van der Waals surface area contributed by atoms with Crippen LogP contribution < -0.4 is 5.32 Å². The van der Waals surface area contributed by atoms with Crippen LogP contribution in [-0.2, 0) is 9.53 Å². The summed E-state index contributed by atoms with van der Waals surface area (Å²) >= 11 is 5.85. The molecule has 0 aliphatic rings. The van der Waals surface area contributed by atoms with Gasteiger partial charge < -0.3 is 10.1 Å². The fourth-order valence-electron chi connectivity index (χ4n) is 1.92. The van der Waals surface area contributed by atoms with Gasteiger partial charge in [0.25, 0.3) is 11.6 Å². The molecule has 0 aliphatic heterocycles. The van der Waals surface area contributed by atoms with Crippen molar-refractivity contribution < 1.29 is 28.0 Å². The molecule has 2 aromatic rings. The van der Waals surface area contributed by atoms with Crippen molar-refractivity contribution in [2.75, 3.05) is 5.32 Å². The van der Waals surface area contributed by atoms with Crippen LogP contribution in [0.2, 0.25) is 5.02 Å². The third-order valence-corrected chi connectivity index (χ3v) is 3.57. The number of ether oxygens (including phenoxy) is 1. The highest BCUT2D eigenvalue weighted by Gasteiger charge is 2.24. The molecular formula is C16H11ClF2N2O5. The number of esters is 1. The molecule has 1 unspecified atom stereocenters. The van der Waals surface area contributed by atoms with Gasteiger partial charge in [-0.25, -0.2) is 13.6 Å². The number of hydrogen-bond donors (Lipinski definition) is 1. The molecule has 0 aromatic heterocycles. The van der Waals surface area contributed by atoms with E-state index < -0.39 is 40.1 Å². The molecule has 136 valence electrons. The molecule has 1 atom stereocenters. The van der Waals surface area contributed by atoms with Crippen molar-refractivity contribution in [3.8, 4) is 0 Å². The van der Waals surface area contributed by atoms with Crippen LogP contribution in [0.1, 0.15) is 17.3 Å². The van der Waals surface area contributed by atoms with Gasteiger partial charge in [0, 0.05) is 12.1 Å². The molecule has 0 bridgehead atoms. The molecule has 0 radical (unpaired) electrons. The minimum atomic E-state index is -1.45. The Morgan fingerprint density at radius 1 is 1.23 bits per heavy atom. The SMILES string of the molecule is CC(OC(=O)c1c(F)cccc1F)C(=O)Nc1cc([N+](=O)[O-])ccc1Cl. The third-order valence-electron chi connectivity index (χ3n) is 3.24. The Labute approximate surface area is 150 Å². The van der Waals surface area contributed by atoms with E-state index in [4.69, 9.17) is 16.3 Å². The first-order chi connectivity index (χ1) is 12.2. The van der Waals surface area contributed by atoms with Crippen molar-refractivity contribution in [1.29, 1.82) is 0 Å². The van der Waals surface area contributed by atoms with Crippen LogP contribution in [0.3, 0.4) is 0 Å². The van der Waals surface area contributed by atoms with E-state index >= 15 is 0 Å². The number of carbonyl (C=O) groups excluding carboxylic acids is 2. The van der Waals surface area contributed by atoms with Gasteiger partial charge in [-0.3, -0.25) is 14.9 Å². The number of halogens is 3. The van der Waals surface area contributed by atoms with Crippen LogP contribution in [-0.4, -0.2) is 22.9 Å². The lowest BCUT2D eigenvalue weighted by Crippen LogP contribution is -2.30. The maximum absolute atomic E-state index is 13.5. The summed E-state index contributed by atoms with van der Waals surface area (Å²) in [6, 6.07) is 6.18. The van der Waals surface area contributed by atoms with E-state index in [2.05, 4.69) is 5.32 Å². The molecule has 2 rings (SSSR count). The quantitative estimate of drug-likeness (QED) is 0.481. The Morgan fingerprint density at radius 2 is 1.85 bits per heavy atom. The summed E-state index contributed by atoms with van der Waals surface area (Å²) in [6.45, 7) is 1.16. The Balaban J connectivity index is 2.12. The largest absolute Gasteiger partial charge is 0.449 e. The van der Waals surface area contributed by atoms with Gasteiger partial charge in [0.05, 0.1) is 15.6 Å². The Bertz CT molecular complexity index is 871. The fraction of sp³-hybridized carbons (Fsp3) is 0.125. The lowest BCUT2D eigenvalue weighted by molar-refractivity contribution is -0.384. The average molecular weight is 385 g/mol. The molecule has 0 spiro atoms. The lowest BCUT2D eigenvalue weighted by atomic mass is 10.2. The van der Waals surface area contributed by atoms with E-state index in [1.165, 1.54) is 6.07 Å². The Hall–Kier alpha value is -3.07. The van der Waals surface area contributed by atoms with E-state index in [0.717, 1.165) is 37.3 Å². The first-order valence-corrected chi connectivity index (χ1v) is 7.48. The minimum Gasteiger partial charge on any atom is -0.449 e. The Morgan fingerprint density at radius 3 is 2.42 bits per heavy atom. The number of benzene rings is 2. The zero-order valence-electron chi connectivity index (χ0n) is 13.2. The normalized spacial score (nSPS) is 11.5. The summed E-state index contributed by atoms with van der Waals surface area (Å²) in [5, 5.41) is 13.0. The number of carbonyl (C=O) groups is 2. The fourth-order valence-corrected chi connectivity index (χ4v) is 2.09. The number of non-ortho nitro benzene ring substituents is 1. The topological polar surface area (TPSA) is 98.5 Å². The smallest absolute Gasteiger partial charge is 0.344 e. The standard InChI is InChI=1S/C16H11ClF2N2O5/c1-8(26-16(23)14-11(18)3-2-4-12(14)19)15(22)20-13-7-9(21(24)25)5-6-10(13)17/h2-8H,1H3,(H,20,22). The van der Waals surface area contributed by atoms with E-state index in [0.29, 0.717) is 0 Å². The predicted molar refractivity (Wildman–Crippen MR) is 88.0 cm³/mol. The lowest BCUT2D eigenvalue weighted by Gasteiger charge is -2.14. The second-order valence-corrected chi connectivity index (χ2v) is 5.46. The second-order valence-electron chi connectivity index (χ2n) is 5.05. The van der Waals surface area contributed by atoms with Crippen LogP contribution in [0.15, 0.2) is 36.4 Å². The number of nitro groups is 1. The highest BCUT2D eigenvalue weighted by atomic mass is 35.5. The molecular weight excluding hydrogens is 374 g/mol. The molecule has 0 heterocycles. The number of nitrogens with one attached hydrogen (secondary N) is 1. The van der Waals surface area contributed by atoms with Gasteiger partial charge in [0.2, 0.25) is 0 Å². The van der Waals surface area contributed by atoms with E-state index in [1.54, 1.807) is 0 Å². The summed E-state index contributed by atoms with van der Waals surface area (Å²) < 4.78 is 31.8. The molecule has 1 N–H and O–H groups in total. The van der Waals surface area contributed by atoms with E-state index in [9.17, 15) is 28.5 Å². The number of nitro benzene ring substituents is 1. The van der Waals surface area contributed by atoms with Crippen LogP contribution in [0.25, 0.3) is 0 Å². The van der Waals surface area contributed by atoms with Crippen LogP contribution in [0, 0.1) is 21.7 Å². The third kappa shape index (κ3) is 4.31. The van der Waals surface area contributed by atoms with Crippen molar-refractivity contribution in [2.45, 2.75) is 13.0 Å². The molecule has 0 fully saturated rings. The number of rotatable bonds is 5. The molecule has 2 aromatic carbocycles. The van der Waals surface area contributed by atoms with Crippen LogP contribution in [0.5, 0.6) is 0 Å². The zero-order chi connectivity index (χ0) is 19.4. The Kier molecular flexibility index (Phi) is 5.83. The van der Waals surface area contributed by atoms with Crippen LogP contribution in [0.4, 0.5) is 20.2 Å². The van der Waals surface area contributed by atoms with Crippen LogP contribution >= 0.6 is 11.6 Å². The maximum Gasteiger partial charge on any atom is 0.344 e. The summed E-state index contributed by atoms with van der Waals surface area (Å²) in [7, 11) is 0. The van der Waals surface area contributed by atoms with Gasteiger partial charge in [0.15, 0.2) is 6.10 Å². The van der Waals surface area contributed by atoms with E-state index in [-0.39, 0.29) is 16.4 Å². The molecule has 10 heteroatoms. The molecule has 26 heavy (non-hydrogen) atoms. The summed E-state index contributed by atoms with van der Waals surface area (Å²) in [5.41, 5.74) is -1.32. The van der Waals surface area contributed by atoms with Gasteiger partial charge in [0.1, 0.15) is 17.2 Å². The molecule has 0 saturated carbocycles. The monoisotopic (exact) mass is 384 g/mol. The van der Waals surface area contributed by atoms with Crippen molar-refractivity contribution >= 4 is 34.9 Å². The second kappa shape index (κ2) is 7.87. The van der Waals surface area contributed by atoms with Crippen molar-refractivity contribution in [3.05, 3.63) is 68.7 Å². The van der Waals surface area contributed by atoms with Crippen molar-refractivity contribution in [2.24, 2.45) is 0 Å².